The molecule has 0 bridgehead atoms. The molecule has 13 heteroatoms. The van der Waals surface area contributed by atoms with Gasteiger partial charge in [-0.25, -0.2) is 32.9 Å². The van der Waals surface area contributed by atoms with E-state index in [-0.39, 0.29) is 28.9 Å². The molecular weight excluding hydrogens is 475 g/mol. The molecule has 4 heterocycles. The molecule has 184 valence electrons. The third-order valence-electron chi connectivity index (χ3n) is 6.14. The van der Waals surface area contributed by atoms with Gasteiger partial charge in [0.25, 0.3) is 0 Å². The number of amides is 2. The summed E-state index contributed by atoms with van der Waals surface area (Å²) in [5, 5.41) is 18.7. The number of aromatic nitrogens is 4. The van der Waals surface area contributed by atoms with Crippen LogP contribution in [0.15, 0.2) is 35.7 Å². The number of hydrazone groups is 1. The van der Waals surface area contributed by atoms with Crippen LogP contribution in [-0.2, 0) is 7.05 Å². The highest BCUT2D eigenvalue weighted by atomic mass is 19.1. The average molecular weight is 495 g/mol. The topological polar surface area (TPSA) is 107 Å². The number of carbonyl (C=O) groups excluding carboxylic acids is 1. The van der Waals surface area contributed by atoms with Crippen LogP contribution in [0.5, 0.6) is 0 Å². The molecule has 1 saturated heterocycles. The van der Waals surface area contributed by atoms with Gasteiger partial charge in [-0.15, -0.1) is 0 Å². The zero-order valence-corrected chi connectivity index (χ0v) is 19.1. The van der Waals surface area contributed by atoms with Gasteiger partial charge in [-0.3, -0.25) is 4.68 Å². The standard InChI is InChI=1S/C23H20F3N9O/c1-32-21(15(11-27)12-30-32)20-18(26)13-28-22(31-20)33-4-6-34(7-5-33)23(36)35-19(2-3-29-35)14-8-16(24)10-17(25)9-14/h3,8-10,12-13,19H,2,4-7H2,1H3/t19-/m0/s1. The summed E-state index contributed by atoms with van der Waals surface area (Å²) in [6.45, 7) is 1.34. The Morgan fingerprint density at radius 2 is 1.81 bits per heavy atom. The monoisotopic (exact) mass is 495 g/mol. The fraction of sp³-hybridized carbons (Fsp3) is 0.304. The lowest BCUT2D eigenvalue weighted by Gasteiger charge is -2.37. The number of benzene rings is 1. The molecule has 2 aliphatic heterocycles. The van der Waals surface area contributed by atoms with Crippen molar-refractivity contribution in [2.24, 2.45) is 12.1 Å². The highest BCUT2D eigenvalue weighted by Crippen LogP contribution is 2.31. The first-order valence-electron chi connectivity index (χ1n) is 11.1. The van der Waals surface area contributed by atoms with Gasteiger partial charge in [-0.2, -0.15) is 15.5 Å². The van der Waals surface area contributed by atoms with Gasteiger partial charge in [0.2, 0.25) is 5.95 Å². The Balaban J connectivity index is 1.30. The molecule has 2 aromatic heterocycles. The molecule has 0 spiro atoms. The van der Waals surface area contributed by atoms with Crippen molar-refractivity contribution in [2.75, 3.05) is 31.1 Å². The fourth-order valence-corrected chi connectivity index (χ4v) is 4.36. The van der Waals surface area contributed by atoms with Gasteiger partial charge in [0, 0.05) is 51.9 Å². The minimum atomic E-state index is -0.718. The predicted octanol–water partition coefficient (Wildman–Crippen LogP) is 2.84. The first-order chi connectivity index (χ1) is 17.4. The first kappa shape index (κ1) is 23.3. The molecule has 10 nitrogen and oxygen atoms in total. The summed E-state index contributed by atoms with van der Waals surface area (Å²) in [5.74, 6) is -1.86. The Kier molecular flexibility index (Phi) is 6.01. The largest absolute Gasteiger partial charge is 0.341 e. The van der Waals surface area contributed by atoms with E-state index in [4.69, 9.17) is 0 Å². The minimum Gasteiger partial charge on any atom is -0.337 e. The van der Waals surface area contributed by atoms with Crippen molar-refractivity contribution in [1.29, 1.82) is 5.26 Å². The molecule has 3 aromatic rings. The number of carbonyl (C=O) groups is 1. The van der Waals surface area contributed by atoms with E-state index in [0.29, 0.717) is 38.2 Å². The van der Waals surface area contributed by atoms with E-state index in [1.54, 1.807) is 18.2 Å². The van der Waals surface area contributed by atoms with E-state index >= 15 is 0 Å². The van der Waals surface area contributed by atoms with Crippen LogP contribution >= 0.6 is 0 Å². The molecular formula is C23H20F3N9O. The number of nitriles is 1. The number of nitrogens with zero attached hydrogens (tertiary/aromatic N) is 9. The third kappa shape index (κ3) is 4.21. The molecule has 5 rings (SSSR count). The zero-order valence-electron chi connectivity index (χ0n) is 19.1. The van der Waals surface area contributed by atoms with Crippen molar-refractivity contribution in [2.45, 2.75) is 12.5 Å². The Morgan fingerprint density at radius 3 is 2.50 bits per heavy atom. The summed E-state index contributed by atoms with van der Waals surface area (Å²) in [6, 6.07) is 4.18. The van der Waals surface area contributed by atoms with Crippen molar-refractivity contribution in [3.8, 4) is 17.5 Å². The van der Waals surface area contributed by atoms with Crippen molar-refractivity contribution < 1.29 is 18.0 Å². The van der Waals surface area contributed by atoms with Gasteiger partial charge in [0.15, 0.2) is 5.82 Å². The van der Waals surface area contributed by atoms with Gasteiger partial charge in [0.05, 0.1) is 24.0 Å². The number of aryl methyl sites for hydroxylation is 1. The van der Waals surface area contributed by atoms with Crippen molar-refractivity contribution in [3.63, 3.8) is 0 Å². The first-order valence-corrected chi connectivity index (χ1v) is 11.1. The maximum Gasteiger partial charge on any atom is 0.341 e. The number of anilines is 1. The van der Waals surface area contributed by atoms with Gasteiger partial charge in [-0.05, 0) is 17.7 Å². The van der Waals surface area contributed by atoms with E-state index in [0.717, 1.165) is 12.3 Å². The highest BCUT2D eigenvalue weighted by Gasteiger charge is 2.34. The predicted molar refractivity (Wildman–Crippen MR) is 122 cm³/mol. The van der Waals surface area contributed by atoms with E-state index in [1.807, 2.05) is 11.0 Å². The van der Waals surface area contributed by atoms with E-state index in [2.05, 4.69) is 20.2 Å². The number of rotatable bonds is 3. The second kappa shape index (κ2) is 9.29. The van der Waals surface area contributed by atoms with E-state index in [9.17, 15) is 23.2 Å². The lowest BCUT2D eigenvalue weighted by molar-refractivity contribution is 0.139. The molecule has 1 fully saturated rings. The van der Waals surface area contributed by atoms with Crippen LogP contribution in [0.2, 0.25) is 0 Å². The molecule has 0 radical (unpaired) electrons. The summed E-state index contributed by atoms with van der Waals surface area (Å²) in [7, 11) is 1.59. The van der Waals surface area contributed by atoms with Crippen molar-refractivity contribution in [3.05, 3.63) is 59.2 Å². The molecule has 1 aromatic carbocycles. The zero-order chi connectivity index (χ0) is 25.4. The molecule has 1 atom stereocenters. The normalized spacial score (nSPS) is 17.5. The van der Waals surface area contributed by atoms with E-state index < -0.39 is 23.5 Å². The second-order valence-corrected chi connectivity index (χ2v) is 8.36. The SMILES string of the molecule is Cn1ncc(C#N)c1-c1nc(N2CCN(C(=O)N3N=CC[C@H]3c3cc(F)cc(F)c3)CC2)ncc1F. The smallest absolute Gasteiger partial charge is 0.337 e. The molecule has 0 unspecified atom stereocenters. The summed E-state index contributed by atoms with van der Waals surface area (Å²) in [5.41, 5.74) is 0.734. The highest BCUT2D eigenvalue weighted by molar-refractivity contribution is 5.78. The number of halogens is 3. The van der Waals surface area contributed by atoms with Crippen LogP contribution in [0.3, 0.4) is 0 Å². The number of piperazine rings is 1. The number of hydrogen-bond acceptors (Lipinski definition) is 7. The van der Waals surface area contributed by atoms with Gasteiger partial charge >= 0.3 is 6.03 Å². The van der Waals surface area contributed by atoms with Crippen LogP contribution in [0.25, 0.3) is 11.4 Å². The van der Waals surface area contributed by atoms with Crippen LogP contribution in [0.1, 0.15) is 23.6 Å². The maximum atomic E-state index is 14.6. The van der Waals surface area contributed by atoms with Crippen LogP contribution in [-0.4, -0.2) is 68.1 Å². The van der Waals surface area contributed by atoms with Crippen LogP contribution in [0.4, 0.5) is 23.9 Å². The minimum absolute atomic E-state index is 0.0355. The average Bonchev–Trinajstić information content (AvgIpc) is 3.50. The maximum absolute atomic E-state index is 14.6. The fourth-order valence-electron chi connectivity index (χ4n) is 4.36. The number of hydrogen-bond donors (Lipinski definition) is 0. The summed E-state index contributed by atoms with van der Waals surface area (Å²) >= 11 is 0. The molecule has 2 amide bonds. The number of urea groups is 1. The molecule has 2 aliphatic rings. The molecule has 0 aliphatic carbocycles. The Labute approximate surface area is 203 Å². The summed E-state index contributed by atoms with van der Waals surface area (Å²) < 4.78 is 43.4. The van der Waals surface area contributed by atoms with Gasteiger partial charge in [0.1, 0.15) is 29.1 Å². The van der Waals surface area contributed by atoms with Crippen LogP contribution < -0.4 is 4.90 Å². The summed E-state index contributed by atoms with van der Waals surface area (Å²) in [6.07, 6.45) is 4.28. The van der Waals surface area contributed by atoms with Crippen molar-refractivity contribution >= 4 is 18.2 Å². The Bertz CT molecular complexity index is 1370. The molecule has 36 heavy (non-hydrogen) atoms. The van der Waals surface area contributed by atoms with Gasteiger partial charge < -0.3 is 9.80 Å². The van der Waals surface area contributed by atoms with Crippen molar-refractivity contribution in [1.82, 2.24) is 29.7 Å². The lowest BCUT2D eigenvalue weighted by atomic mass is 10.0. The molecule has 0 saturated carbocycles. The van der Waals surface area contributed by atoms with E-state index in [1.165, 1.54) is 28.0 Å². The molecule has 0 N–H and O–H groups in total. The quantitative estimate of drug-likeness (QED) is 0.553. The lowest BCUT2D eigenvalue weighted by Crippen LogP contribution is -2.52. The Morgan fingerprint density at radius 1 is 1.08 bits per heavy atom. The second-order valence-electron chi connectivity index (χ2n) is 8.36. The Hall–Kier alpha value is -4.47. The third-order valence-corrected chi connectivity index (χ3v) is 6.14. The van der Waals surface area contributed by atoms with Crippen LogP contribution in [0, 0.1) is 28.8 Å². The summed E-state index contributed by atoms with van der Waals surface area (Å²) in [4.78, 5) is 25.0. The van der Waals surface area contributed by atoms with Gasteiger partial charge in [-0.1, -0.05) is 0 Å².